The van der Waals surface area contributed by atoms with E-state index in [1.165, 1.54) is 12.8 Å². The van der Waals surface area contributed by atoms with Crippen LogP contribution in [0.15, 0.2) is 30.6 Å². The predicted octanol–water partition coefficient (Wildman–Crippen LogP) is 4.00. The van der Waals surface area contributed by atoms with Gasteiger partial charge in [-0.15, -0.1) is 0 Å². The number of halogens is 3. The number of nitrogens with one attached hydrogen (secondary N) is 2. The average molecular weight is 532 g/mol. The quantitative estimate of drug-likeness (QED) is 0.449. The summed E-state index contributed by atoms with van der Waals surface area (Å²) in [7, 11) is 0. The maximum absolute atomic E-state index is 13.2. The Kier molecular flexibility index (Phi) is 7.40. The van der Waals surface area contributed by atoms with Crippen molar-refractivity contribution in [2.45, 2.75) is 83.1 Å². The number of aromatic nitrogens is 5. The molecule has 12 heteroatoms. The van der Waals surface area contributed by atoms with Gasteiger partial charge in [0.25, 0.3) is 5.91 Å². The number of carbonyl (C=O) groups is 2. The van der Waals surface area contributed by atoms with Crippen LogP contribution < -0.4 is 10.6 Å². The predicted molar refractivity (Wildman–Crippen MR) is 132 cm³/mol. The molecule has 2 fully saturated rings. The van der Waals surface area contributed by atoms with Crippen molar-refractivity contribution in [2.75, 3.05) is 0 Å². The molecular weight excluding hydrogens is 499 g/mol. The first-order valence-electron chi connectivity index (χ1n) is 13.3. The second-order valence-corrected chi connectivity index (χ2v) is 10.3. The summed E-state index contributed by atoms with van der Waals surface area (Å²) < 4.78 is 42.4. The van der Waals surface area contributed by atoms with Gasteiger partial charge in [0, 0.05) is 25.1 Å². The Morgan fingerprint density at radius 1 is 1.18 bits per heavy atom. The number of hydrogen-bond donors (Lipinski definition) is 2. The maximum atomic E-state index is 13.2. The summed E-state index contributed by atoms with van der Waals surface area (Å²) in [5.74, 6) is -1.40. The number of imidazole rings is 1. The van der Waals surface area contributed by atoms with Gasteiger partial charge in [-0.1, -0.05) is 25.7 Å². The van der Waals surface area contributed by atoms with Crippen molar-refractivity contribution < 1.29 is 22.8 Å². The van der Waals surface area contributed by atoms with E-state index in [1.807, 2.05) is 12.2 Å². The molecule has 1 saturated heterocycles. The third-order valence-corrected chi connectivity index (χ3v) is 7.68. The average Bonchev–Trinajstić information content (AvgIpc) is 3.56. The Bertz CT molecular complexity index is 1290. The van der Waals surface area contributed by atoms with Crippen LogP contribution in [0, 0.1) is 11.8 Å². The van der Waals surface area contributed by atoms with E-state index in [0.29, 0.717) is 29.3 Å². The molecule has 2 amide bonds. The highest BCUT2D eigenvalue weighted by atomic mass is 19.4. The van der Waals surface area contributed by atoms with Crippen LogP contribution in [0.1, 0.15) is 79.8 Å². The number of fused-ring (bicyclic) bond motifs is 1. The molecule has 3 aromatic heterocycles. The normalized spacial score (nSPS) is 21.8. The minimum atomic E-state index is -4.46. The lowest BCUT2D eigenvalue weighted by atomic mass is 9.90. The fourth-order valence-corrected chi connectivity index (χ4v) is 5.65. The van der Waals surface area contributed by atoms with Crippen LogP contribution in [0.4, 0.5) is 13.2 Å². The first-order valence-corrected chi connectivity index (χ1v) is 13.3. The molecule has 204 valence electrons. The number of alkyl halides is 3. The molecule has 38 heavy (non-hydrogen) atoms. The Labute approximate surface area is 218 Å². The van der Waals surface area contributed by atoms with Crippen LogP contribution in [0.3, 0.4) is 0 Å². The van der Waals surface area contributed by atoms with Crippen molar-refractivity contribution in [3.8, 4) is 0 Å². The van der Waals surface area contributed by atoms with E-state index in [9.17, 15) is 22.8 Å². The second kappa shape index (κ2) is 10.7. The zero-order chi connectivity index (χ0) is 26.9. The number of rotatable bonds is 7. The number of hydrogen-bond acceptors (Lipinski definition) is 5. The van der Waals surface area contributed by atoms with Crippen molar-refractivity contribution in [2.24, 2.45) is 11.8 Å². The smallest absolute Gasteiger partial charge is 0.344 e. The van der Waals surface area contributed by atoms with Gasteiger partial charge in [-0.2, -0.15) is 23.4 Å². The van der Waals surface area contributed by atoms with Crippen LogP contribution in [-0.4, -0.2) is 48.4 Å². The van der Waals surface area contributed by atoms with E-state index >= 15 is 0 Å². The molecule has 1 saturated carbocycles. The third kappa shape index (κ3) is 5.53. The molecule has 4 heterocycles. The topological polar surface area (TPSA) is 106 Å². The molecule has 0 bridgehead atoms. The SMILES string of the molecule is CCn1nccc1C(=O)NC(c1cn2nc(CC3C[C@@H](C(F)(F)F)NC3=O)ccc2n1)C1CCCCCC1. The fraction of sp³-hybridized carbons (Fsp3) is 0.577. The highest BCUT2D eigenvalue weighted by molar-refractivity contribution is 5.92. The molecule has 3 aromatic rings. The van der Waals surface area contributed by atoms with E-state index < -0.39 is 24.0 Å². The minimum Gasteiger partial charge on any atom is -0.344 e. The summed E-state index contributed by atoms with van der Waals surface area (Å²) >= 11 is 0. The van der Waals surface area contributed by atoms with E-state index in [-0.39, 0.29) is 30.7 Å². The van der Waals surface area contributed by atoms with Crippen LogP contribution in [0.25, 0.3) is 5.65 Å². The van der Waals surface area contributed by atoms with Gasteiger partial charge < -0.3 is 10.6 Å². The lowest BCUT2D eigenvalue weighted by Gasteiger charge is -2.26. The minimum absolute atomic E-state index is 0.103. The molecule has 0 spiro atoms. The fourth-order valence-electron chi connectivity index (χ4n) is 5.65. The zero-order valence-electron chi connectivity index (χ0n) is 21.2. The monoisotopic (exact) mass is 531 g/mol. The molecule has 1 aliphatic carbocycles. The Morgan fingerprint density at radius 2 is 1.95 bits per heavy atom. The van der Waals surface area contributed by atoms with Gasteiger partial charge in [-0.3, -0.25) is 14.3 Å². The van der Waals surface area contributed by atoms with Gasteiger partial charge >= 0.3 is 6.18 Å². The van der Waals surface area contributed by atoms with Crippen LogP contribution in [0.5, 0.6) is 0 Å². The summed E-state index contributed by atoms with van der Waals surface area (Å²) in [6.07, 6.45) is 5.17. The molecule has 9 nitrogen and oxygen atoms in total. The van der Waals surface area contributed by atoms with Crippen molar-refractivity contribution >= 4 is 17.5 Å². The van der Waals surface area contributed by atoms with E-state index in [1.54, 1.807) is 39.8 Å². The van der Waals surface area contributed by atoms with Crippen LogP contribution in [-0.2, 0) is 17.8 Å². The van der Waals surface area contributed by atoms with Gasteiger partial charge in [0.1, 0.15) is 11.7 Å². The Balaban J connectivity index is 1.39. The van der Waals surface area contributed by atoms with Crippen molar-refractivity contribution in [3.63, 3.8) is 0 Å². The second-order valence-electron chi connectivity index (χ2n) is 10.3. The number of nitrogens with zero attached hydrogens (tertiary/aromatic N) is 5. The molecule has 5 rings (SSSR count). The summed E-state index contributed by atoms with van der Waals surface area (Å²) in [6, 6.07) is 3.00. The summed E-state index contributed by atoms with van der Waals surface area (Å²) in [5.41, 5.74) is 2.25. The van der Waals surface area contributed by atoms with Crippen molar-refractivity contribution in [1.29, 1.82) is 0 Å². The Morgan fingerprint density at radius 3 is 2.63 bits per heavy atom. The Hall–Kier alpha value is -3.44. The molecule has 3 atom stereocenters. The lowest BCUT2D eigenvalue weighted by molar-refractivity contribution is -0.154. The van der Waals surface area contributed by atoms with Gasteiger partial charge in [-0.25, -0.2) is 9.50 Å². The van der Waals surface area contributed by atoms with Crippen molar-refractivity contribution in [1.82, 2.24) is 35.0 Å². The molecule has 2 unspecified atom stereocenters. The first kappa shape index (κ1) is 26.2. The summed E-state index contributed by atoms with van der Waals surface area (Å²) in [6.45, 7) is 2.50. The standard InChI is InChI=1S/C26H32F3N7O2/c1-2-35-20(11-12-30-35)25(38)33-23(16-7-5-3-4-6-8-16)19-15-36-22(31-19)10-9-18(34-36)13-17-14-21(26(27,28)29)32-24(17)37/h9-12,15-17,21,23H,2-8,13-14H2,1H3,(H,32,37)(H,33,38)/t17?,21-,23?/m0/s1. The van der Waals surface area contributed by atoms with E-state index in [0.717, 1.165) is 25.7 Å². The molecule has 0 aromatic carbocycles. The van der Waals surface area contributed by atoms with Crippen LogP contribution >= 0.6 is 0 Å². The largest absolute Gasteiger partial charge is 0.408 e. The highest BCUT2D eigenvalue weighted by Crippen LogP contribution is 2.34. The zero-order valence-corrected chi connectivity index (χ0v) is 21.2. The van der Waals surface area contributed by atoms with E-state index in [4.69, 9.17) is 4.98 Å². The number of amides is 2. The molecular formula is C26H32F3N7O2. The number of carbonyl (C=O) groups excluding carboxylic acids is 2. The molecule has 2 N–H and O–H groups in total. The van der Waals surface area contributed by atoms with Gasteiger partial charge in [0.2, 0.25) is 5.91 Å². The molecule has 1 aliphatic heterocycles. The highest BCUT2D eigenvalue weighted by Gasteiger charge is 2.47. The molecule has 2 aliphatic rings. The maximum Gasteiger partial charge on any atom is 0.408 e. The molecule has 0 radical (unpaired) electrons. The third-order valence-electron chi connectivity index (χ3n) is 7.68. The first-order chi connectivity index (χ1) is 18.2. The number of aryl methyl sites for hydroxylation is 1. The van der Waals surface area contributed by atoms with Gasteiger partial charge in [0.05, 0.1) is 23.6 Å². The summed E-state index contributed by atoms with van der Waals surface area (Å²) in [4.78, 5) is 30.1. The van der Waals surface area contributed by atoms with Gasteiger partial charge in [-0.05, 0) is 50.3 Å². The van der Waals surface area contributed by atoms with Gasteiger partial charge in [0.15, 0.2) is 5.65 Å². The van der Waals surface area contributed by atoms with E-state index in [2.05, 4.69) is 15.5 Å². The summed E-state index contributed by atoms with van der Waals surface area (Å²) in [5, 5.41) is 14.0. The van der Waals surface area contributed by atoms with Crippen molar-refractivity contribution in [3.05, 3.63) is 47.7 Å². The van der Waals surface area contributed by atoms with Crippen LogP contribution in [0.2, 0.25) is 0 Å². The lowest BCUT2D eigenvalue weighted by Crippen LogP contribution is -2.38.